The third-order valence-corrected chi connectivity index (χ3v) is 1.16. The number of benzene rings is 1. The Balaban J connectivity index is 0. The van der Waals surface area contributed by atoms with Crippen molar-refractivity contribution in [1.29, 1.82) is 0 Å². The Morgan fingerprint density at radius 2 is 1.14 bits per heavy atom. The smallest absolute Gasteiger partial charge is 0.129 e. The highest BCUT2D eigenvalue weighted by molar-refractivity contribution is 5.74. The van der Waals surface area contributed by atoms with Crippen LogP contribution in [0, 0.1) is 0 Å². The molecule has 1 rings (SSSR count). The molecule has 0 bridgehead atoms. The van der Waals surface area contributed by atoms with Crippen LogP contribution in [-0.4, -0.2) is 17.5 Å². The fourth-order valence-corrected chi connectivity index (χ4v) is 0.385. The summed E-state index contributed by atoms with van der Waals surface area (Å²) in [6.07, 6.45) is 0.667. The number of aliphatic hydroxyl groups excluding tert-OH is 1. The summed E-state index contributed by atoms with van der Waals surface area (Å²) in [7, 11) is 0. The number of carbonyl (C=O) groups excluding carboxylic acids is 1. The zero-order chi connectivity index (χ0) is 11.2. The molecule has 0 atom stereocenters. The van der Waals surface area contributed by atoms with Crippen LogP contribution in [0.15, 0.2) is 36.4 Å². The molecule has 0 unspecified atom stereocenters. The van der Waals surface area contributed by atoms with Gasteiger partial charge in [-0.05, 0) is 13.8 Å². The minimum absolute atomic E-state index is 0.250. The van der Waals surface area contributed by atoms with E-state index in [1.54, 1.807) is 13.8 Å². The van der Waals surface area contributed by atoms with Gasteiger partial charge in [-0.15, -0.1) is 0 Å². The van der Waals surface area contributed by atoms with Gasteiger partial charge in [-0.25, -0.2) is 0 Å². The van der Waals surface area contributed by atoms with Crippen molar-refractivity contribution in [3.05, 3.63) is 36.4 Å². The van der Waals surface area contributed by atoms with E-state index in [1.165, 1.54) is 0 Å². The summed E-state index contributed by atoms with van der Waals surface area (Å²) in [6, 6.07) is 12.0. The van der Waals surface area contributed by atoms with E-state index < -0.39 is 0 Å². The first-order valence-electron chi connectivity index (χ1n) is 4.79. The summed E-state index contributed by atoms with van der Waals surface area (Å²) >= 11 is 0. The van der Waals surface area contributed by atoms with E-state index in [-0.39, 0.29) is 12.4 Å². The molecule has 0 aliphatic rings. The summed E-state index contributed by atoms with van der Waals surface area (Å²) in [5.41, 5.74) is 0. The molecule has 0 saturated carbocycles. The Hall–Kier alpha value is -1.15. The van der Waals surface area contributed by atoms with Gasteiger partial charge < -0.3 is 9.90 Å². The van der Waals surface area contributed by atoms with Crippen molar-refractivity contribution in [2.24, 2.45) is 0 Å². The van der Waals surface area contributed by atoms with E-state index in [9.17, 15) is 4.79 Å². The topological polar surface area (TPSA) is 37.3 Å². The summed E-state index contributed by atoms with van der Waals surface area (Å²) in [6.45, 7) is 5.36. The normalized spacial score (nSPS) is 7.43. The van der Waals surface area contributed by atoms with Gasteiger partial charge in [-0.1, -0.05) is 43.3 Å². The Kier molecular flexibility index (Phi) is 15.7. The molecular formula is C12H20O2. The Bertz CT molecular complexity index is 168. The van der Waals surface area contributed by atoms with Crippen molar-refractivity contribution in [1.82, 2.24) is 0 Å². The van der Waals surface area contributed by atoms with E-state index >= 15 is 0 Å². The molecule has 80 valence electrons. The van der Waals surface area contributed by atoms with E-state index in [0.29, 0.717) is 6.42 Å². The van der Waals surface area contributed by atoms with Gasteiger partial charge in [0.2, 0.25) is 0 Å². The maximum absolute atomic E-state index is 9.81. The highest BCUT2D eigenvalue weighted by Crippen LogP contribution is 1.79. The zero-order valence-corrected chi connectivity index (χ0v) is 9.23. The van der Waals surface area contributed by atoms with Crippen molar-refractivity contribution >= 4 is 5.78 Å². The van der Waals surface area contributed by atoms with Crippen LogP contribution in [0.4, 0.5) is 0 Å². The minimum atomic E-state index is 0.250. The van der Waals surface area contributed by atoms with Crippen LogP contribution < -0.4 is 0 Å². The third-order valence-electron chi connectivity index (χ3n) is 1.16. The maximum atomic E-state index is 9.81. The number of carbonyl (C=O) groups is 1. The number of hydrogen-bond acceptors (Lipinski definition) is 2. The van der Waals surface area contributed by atoms with Gasteiger partial charge in [-0.3, -0.25) is 0 Å². The lowest BCUT2D eigenvalue weighted by Crippen LogP contribution is -1.80. The quantitative estimate of drug-likeness (QED) is 0.749. The molecule has 0 aromatic heterocycles. The molecular weight excluding hydrogens is 176 g/mol. The van der Waals surface area contributed by atoms with E-state index in [1.807, 2.05) is 43.3 Å². The van der Waals surface area contributed by atoms with E-state index in [0.717, 1.165) is 0 Å². The second-order valence-electron chi connectivity index (χ2n) is 2.53. The van der Waals surface area contributed by atoms with Gasteiger partial charge in [0.05, 0.1) is 0 Å². The monoisotopic (exact) mass is 196 g/mol. The lowest BCUT2D eigenvalue weighted by atomic mass is 10.4. The Morgan fingerprint density at radius 1 is 1.00 bits per heavy atom. The minimum Gasteiger partial charge on any atom is -0.397 e. The van der Waals surface area contributed by atoms with Gasteiger partial charge >= 0.3 is 0 Å². The molecule has 0 amide bonds. The molecule has 1 N–H and O–H groups in total. The Morgan fingerprint density at radius 3 is 1.21 bits per heavy atom. The maximum Gasteiger partial charge on any atom is 0.129 e. The van der Waals surface area contributed by atoms with Crippen LogP contribution >= 0.6 is 0 Å². The summed E-state index contributed by atoms with van der Waals surface area (Å²) in [4.78, 5) is 9.81. The molecule has 0 heterocycles. The zero-order valence-electron chi connectivity index (χ0n) is 9.23. The Labute approximate surface area is 86.6 Å². The first kappa shape index (κ1) is 15.3. The lowest BCUT2D eigenvalue weighted by molar-refractivity contribution is -0.116. The standard InChI is InChI=1S/C6H6.C4H8O.C2H6O/c1-2-4-6-5-3-1;1-3-4(2)5;1-2-3/h1-6H;3H2,1-2H3;3H,2H2,1H3. The second-order valence-corrected chi connectivity index (χ2v) is 2.53. The third kappa shape index (κ3) is 22.4. The van der Waals surface area contributed by atoms with Crippen LogP contribution in [0.1, 0.15) is 27.2 Å². The SMILES string of the molecule is CCC(C)=O.CCO.c1ccccc1. The highest BCUT2D eigenvalue weighted by Gasteiger charge is 1.76. The van der Waals surface area contributed by atoms with Crippen LogP contribution in [0.5, 0.6) is 0 Å². The number of ketones is 1. The van der Waals surface area contributed by atoms with E-state index in [4.69, 9.17) is 5.11 Å². The van der Waals surface area contributed by atoms with Gasteiger partial charge in [0, 0.05) is 13.0 Å². The van der Waals surface area contributed by atoms with Crippen LogP contribution in [0.25, 0.3) is 0 Å². The van der Waals surface area contributed by atoms with Crippen molar-refractivity contribution in [3.8, 4) is 0 Å². The molecule has 0 spiro atoms. The van der Waals surface area contributed by atoms with Crippen molar-refractivity contribution in [2.45, 2.75) is 27.2 Å². The molecule has 0 fully saturated rings. The summed E-state index contributed by atoms with van der Waals surface area (Å²) < 4.78 is 0. The molecule has 14 heavy (non-hydrogen) atoms. The average Bonchev–Trinajstić information content (AvgIpc) is 2.22. The van der Waals surface area contributed by atoms with E-state index in [2.05, 4.69) is 0 Å². The second kappa shape index (κ2) is 14.4. The molecule has 2 heteroatoms. The first-order chi connectivity index (χ1) is 6.68. The van der Waals surface area contributed by atoms with Gasteiger partial charge in [-0.2, -0.15) is 0 Å². The number of hydrogen-bond donors (Lipinski definition) is 1. The number of aliphatic hydroxyl groups is 1. The van der Waals surface area contributed by atoms with Gasteiger partial charge in [0.1, 0.15) is 5.78 Å². The molecule has 1 aromatic carbocycles. The molecule has 0 aliphatic heterocycles. The van der Waals surface area contributed by atoms with Gasteiger partial charge in [0.25, 0.3) is 0 Å². The molecule has 0 aliphatic carbocycles. The van der Waals surface area contributed by atoms with Crippen LogP contribution in [0.2, 0.25) is 0 Å². The molecule has 0 saturated heterocycles. The van der Waals surface area contributed by atoms with Crippen molar-refractivity contribution in [3.63, 3.8) is 0 Å². The number of rotatable bonds is 1. The predicted molar refractivity (Wildman–Crippen MR) is 60.2 cm³/mol. The van der Waals surface area contributed by atoms with Crippen LogP contribution in [0.3, 0.4) is 0 Å². The summed E-state index contributed by atoms with van der Waals surface area (Å²) in [5.74, 6) is 0.255. The fraction of sp³-hybridized carbons (Fsp3) is 0.417. The predicted octanol–water partition coefficient (Wildman–Crippen LogP) is 2.67. The number of Topliss-reactive ketones (excluding diaryl/α,β-unsaturated/α-hetero) is 1. The van der Waals surface area contributed by atoms with Crippen LogP contribution in [-0.2, 0) is 4.79 Å². The first-order valence-corrected chi connectivity index (χ1v) is 4.79. The fourth-order valence-electron chi connectivity index (χ4n) is 0.385. The largest absolute Gasteiger partial charge is 0.397 e. The lowest BCUT2D eigenvalue weighted by Gasteiger charge is -1.71. The molecule has 2 nitrogen and oxygen atoms in total. The highest BCUT2D eigenvalue weighted by atomic mass is 16.2. The van der Waals surface area contributed by atoms with Gasteiger partial charge in [0.15, 0.2) is 0 Å². The molecule has 1 aromatic rings. The average molecular weight is 196 g/mol. The van der Waals surface area contributed by atoms with Crippen molar-refractivity contribution in [2.75, 3.05) is 6.61 Å². The molecule has 0 radical (unpaired) electrons. The summed E-state index contributed by atoms with van der Waals surface area (Å²) in [5, 5.41) is 7.57. The van der Waals surface area contributed by atoms with Crippen molar-refractivity contribution < 1.29 is 9.90 Å².